The van der Waals surface area contributed by atoms with E-state index in [4.69, 9.17) is 10.5 Å². The fourth-order valence-corrected chi connectivity index (χ4v) is 1.88. The zero-order valence-electron chi connectivity index (χ0n) is 10.3. The molecular formula is C12H21N3O. The van der Waals surface area contributed by atoms with Crippen LogP contribution in [0.5, 0.6) is 5.88 Å². The van der Waals surface area contributed by atoms with E-state index in [1.807, 2.05) is 6.07 Å². The summed E-state index contributed by atoms with van der Waals surface area (Å²) in [5, 5.41) is 0. The van der Waals surface area contributed by atoms with Gasteiger partial charge in [0.1, 0.15) is 0 Å². The highest BCUT2D eigenvalue weighted by Gasteiger charge is 2.17. The lowest BCUT2D eigenvalue weighted by Gasteiger charge is -2.28. The summed E-state index contributed by atoms with van der Waals surface area (Å²) < 4.78 is 5.27. The first-order valence-electron chi connectivity index (χ1n) is 5.67. The van der Waals surface area contributed by atoms with Crippen molar-refractivity contribution in [3.8, 4) is 5.88 Å². The van der Waals surface area contributed by atoms with E-state index in [1.165, 1.54) is 0 Å². The number of aromatic nitrogens is 1. The smallest absolute Gasteiger partial charge is 0.217 e. The molecule has 0 bridgehead atoms. The largest absolute Gasteiger partial charge is 0.481 e. The molecule has 4 nitrogen and oxygen atoms in total. The fraction of sp³-hybridized carbons (Fsp3) is 0.583. The second-order valence-corrected chi connectivity index (χ2v) is 3.70. The quantitative estimate of drug-likeness (QED) is 0.792. The third-order valence-corrected chi connectivity index (χ3v) is 2.81. The summed E-state index contributed by atoms with van der Waals surface area (Å²) in [4.78, 5) is 6.52. The first-order chi connectivity index (χ1) is 7.74. The summed E-state index contributed by atoms with van der Waals surface area (Å²) in [5.74, 6) is 0.700. The Kier molecular flexibility index (Phi) is 5.22. The van der Waals surface area contributed by atoms with Gasteiger partial charge in [0, 0.05) is 30.9 Å². The SMILES string of the molecule is CCN(CCN)C(C)c1cccnc1OC. The average Bonchev–Trinajstić information content (AvgIpc) is 2.35. The second kappa shape index (κ2) is 6.45. The summed E-state index contributed by atoms with van der Waals surface area (Å²) in [5.41, 5.74) is 6.71. The summed E-state index contributed by atoms with van der Waals surface area (Å²) in [6, 6.07) is 4.26. The van der Waals surface area contributed by atoms with E-state index >= 15 is 0 Å². The van der Waals surface area contributed by atoms with Gasteiger partial charge < -0.3 is 10.5 Å². The molecule has 4 heteroatoms. The van der Waals surface area contributed by atoms with Gasteiger partial charge in [0.25, 0.3) is 0 Å². The van der Waals surface area contributed by atoms with Crippen molar-refractivity contribution in [3.05, 3.63) is 23.9 Å². The maximum Gasteiger partial charge on any atom is 0.217 e. The predicted molar refractivity (Wildman–Crippen MR) is 65.5 cm³/mol. The molecule has 0 amide bonds. The molecule has 90 valence electrons. The summed E-state index contributed by atoms with van der Waals surface area (Å²) >= 11 is 0. The van der Waals surface area contributed by atoms with Crippen molar-refractivity contribution in [2.45, 2.75) is 19.9 Å². The number of hydrogen-bond donors (Lipinski definition) is 1. The lowest BCUT2D eigenvalue weighted by atomic mass is 10.1. The number of hydrogen-bond acceptors (Lipinski definition) is 4. The van der Waals surface area contributed by atoms with Crippen LogP contribution in [-0.4, -0.2) is 36.6 Å². The van der Waals surface area contributed by atoms with Crippen molar-refractivity contribution in [2.24, 2.45) is 5.73 Å². The minimum atomic E-state index is 0.275. The Morgan fingerprint density at radius 3 is 2.88 bits per heavy atom. The monoisotopic (exact) mass is 223 g/mol. The number of rotatable bonds is 6. The summed E-state index contributed by atoms with van der Waals surface area (Å²) in [6.45, 7) is 6.81. The molecule has 2 N–H and O–H groups in total. The van der Waals surface area contributed by atoms with Crippen LogP contribution in [-0.2, 0) is 0 Å². The lowest BCUT2D eigenvalue weighted by molar-refractivity contribution is 0.222. The van der Waals surface area contributed by atoms with Crippen LogP contribution in [0.4, 0.5) is 0 Å². The highest BCUT2D eigenvalue weighted by Crippen LogP contribution is 2.26. The Morgan fingerprint density at radius 2 is 2.31 bits per heavy atom. The fourth-order valence-electron chi connectivity index (χ4n) is 1.88. The predicted octanol–water partition coefficient (Wildman–Crippen LogP) is 1.43. The Labute approximate surface area is 97.4 Å². The van der Waals surface area contributed by atoms with Gasteiger partial charge in [-0.15, -0.1) is 0 Å². The van der Waals surface area contributed by atoms with E-state index < -0.39 is 0 Å². The maximum atomic E-state index is 5.60. The van der Waals surface area contributed by atoms with Crippen molar-refractivity contribution in [1.82, 2.24) is 9.88 Å². The molecule has 1 rings (SSSR count). The van der Waals surface area contributed by atoms with Gasteiger partial charge in [-0.2, -0.15) is 0 Å². The first-order valence-corrected chi connectivity index (χ1v) is 5.67. The molecule has 1 aromatic rings. The highest BCUT2D eigenvalue weighted by molar-refractivity contribution is 5.28. The van der Waals surface area contributed by atoms with Gasteiger partial charge in [0.05, 0.1) is 7.11 Å². The number of methoxy groups -OCH3 is 1. The molecule has 1 aromatic heterocycles. The van der Waals surface area contributed by atoms with Crippen LogP contribution in [0.3, 0.4) is 0 Å². The van der Waals surface area contributed by atoms with E-state index in [2.05, 4.69) is 29.8 Å². The lowest BCUT2D eigenvalue weighted by Crippen LogP contribution is -2.32. The van der Waals surface area contributed by atoms with E-state index in [-0.39, 0.29) is 6.04 Å². The molecular weight excluding hydrogens is 202 g/mol. The van der Waals surface area contributed by atoms with Crippen molar-refractivity contribution >= 4 is 0 Å². The van der Waals surface area contributed by atoms with E-state index in [0.717, 1.165) is 18.7 Å². The van der Waals surface area contributed by atoms with Gasteiger partial charge in [-0.3, -0.25) is 4.90 Å². The van der Waals surface area contributed by atoms with Gasteiger partial charge in [-0.25, -0.2) is 4.98 Å². The highest BCUT2D eigenvalue weighted by atomic mass is 16.5. The minimum Gasteiger partial charge on any atom is -0.481 e. The Hall–Kier alpha value is -1.13. The molecule has 1 heterocycles. The molecule has 0 fully saturated rings. The van der Waals surface area contributed by atoms with Gasteiger partial charge in [0.15, 0.2) is 0 Å². The number of nitrogens with two attached hydrogens (primary N) is 1. The standard InChI is InChI=1S/C12H21N3O/c1-4-15(9-7-13)10(2)11-6-5-8-14-12(11)16-3/h5-6,8,10H,4,7,9,13H2,1-3H3. The second-order valence-electron chi connectivity index (χ2n) is 3.70. The minimum absolute atomic E-state index is 0.275. The van der Waals surface area contributed by atoms with Crippen LogP contribution in [0.25, 0.3) is 0 Å². The molecule has 0 spiro atoms. The third kappa shape index (κ3) is 2.93. The zero-order valence-corrected chi connectivity index (χ0v) is 10.3. The maximum absolute atomic E-state index is 5.60. The molecule has 0 aliphatic carbocycles. The number of pyridine rings is 1. The molecule has 0 saturated carbocycles. The van der Waals surface area contributed by atoms with Crippen LogP contribution >= 0.6 is 0 Å². The van der Waals surface area contributed by atoms with Gasteiger partial charge in [-0.1, -0.05) is 13.0 Å². The van der Waals surface area contributed by atoms with Crippen molar-refractivity contribution < 1.29 is 4.74 Å². The molecule has 0 aliphatic rings. The van der Waals surface area contributed by atoms with E-state index in [0.29, 0.717) is 12.4 Å². The zero-order chi connectivity index (χ0) is 12.0. The van der Waals surface area contributed by atoms with Crippen LogP contribution in [0.15, 0.2) is 18.3 Å². The molecule has 1 unspecified atom stereocenters. The molecule has 1 atom stereocenters. The Balaban J connectivity index is 2.88. The molecule has 0 radical (unpaired) electrons. The molecule has 0 aliphatic heterocycles. The number of likely N-dealkylation sites (N-methyl/N-ethyl adjacent to an activating group) is 1. The topological polar surface area (TPSA) is 51.4 Å². The van der Waals surface area contributed by atoms with Crippen LogP contribution < -0.4 is 10.5 Å². The normalized spacial score (nSPS) is 12.8. The van der Waals surface area contributed by atoms with Crippen LogP contribution in [0.2, 0.25) is 0 Å². The van der Waals surface area contributed by atoms with E-state index in [1.54, 1.807) is 13.3 Å². The first kappa shape index (κ1) is 12.9. The van der Waals surface area contributed by atoms with Crippen molar-refractivity contribution in [1.29, 1.82) is 0 Å². The van der Waals surface area contributed by atoms with Crippen LogP contribution in [0.1, 0.15) is 25.5 Å². The van der Waals surface area contributed by atoms with Gasteiger partial charge in [0.2, 0.25) is 5.88 Å². The average molecular weight is 223 g/mol. The number of ether oxygens (including phenoxy) is 1. The van der Waals surface area contributed by atoms with Gasteiger partial charge in [-0.05, 0) is 19.5 Å². The molecule has 16 heavy (non-hydrogen) atoms. The number of nitrogens with zero attached hydrogens (tertiary/aromatic N) is 2. The Bertz CT molecular complexity index is 317. The third-order valence-electron chi connectivity index (χ3n) is 2.81. The molecule has 0 aromatic carbocycles. The molecule has 0 saturated heterocycles. The van der Waals surface area contributed by atoms with Crippen molar-refractivity contribution in [2.75, 3.05) is 26.7 Å². The van der Waals surface area contributed by atoms with E-state index in [9.17, 15) is 0 Å². The van der Waals surface area contributed by atoms with Gasteiger partial charge >= 0.3 is 0 Å². The summed E-state index contributed by atoms with van der Waals surface area (Å²) in [6.07, 6.45) is 1.74. The Morgan fingerprint density at radius 1 is 1.56 bits per heavy atom. The summed E-state index contributed by atoms with van der Waals surface area (Å²) in [7, 11) is 1.65. The van der Waals surface area contributed by atoms with Crippen LogP contribution in [0, 0.1) is 0 Å². The van der Waals surface area contributed by atoms with Crippen molar-refractivity contribution in [3.63, 3.8) is 0 Å².